The zero-order valence-corrected chi connectivity index (χ0v) is 16.0. The number of anilines is 1. The van der Waals surface area contributed by atoms with E-state index in [1.54, 1.807) is 0 Å². The van der Waals surface area contributed by atoms with E-state index in [9.17, 15) is 4.79 Å². The Balaban J connectivity index is 1.53. The van der Waals surface area contributed by atoms with E-state index in [4.69, 9.17) is 4.74 Å². The van der Waals surface area contributed by atoms with Crippen molar-refractivity contribution >= 4 is 22.4 Å². The predicted molar refractivity (Wildman–Crippen MR) is 106 cm³/mol. The lowest BCUT2D eigenvalue weighted by Gasteiger charge is -2.07. The van der Waals surface area contributed by atoms with Gasteiger partial charge in [-0.05, 0) is 49.6 Å². The minimum atomic E-state index is -0.209. The Morgan fingerprint density at radius 1 is 1.12 bits per heavy atom. The second-order valence-electron chi connectivity index (χ2n) is 6.38. The highest BCUT2D eigenvalue weighted by molar-refractivity contribution is 7.15. The maximum Gasteiger partial charge on any atom is 0.264 e. The number of carbonyl (C=O) groups excluding carboxylic acids is 1. The summed E-state index contributed by atoms with van der Waals surface area (Å²) < 4.78 is 5.56. The Hall–Kier alpha value is -2.66. The van der Waals surface area contributed by atoms with Gasteiger partial charge in [0.15, 0.2) is 11.7 Å². The highest BCUT2D eigenvalue weighted by Gasteiger charge is 2.09. The van der Waals surface area contributed by atoms with Gasteiger partial charge in [0.25, 0.3) is 5.91 Å². The zero-order chi connectivity index (χ0) is 18.5. The molecule has 1 aromatic heterocycles. The molecule has 0 saturated heterocycles. The maximum atomic E-state index is 12.1. The molecule has 0 saturated carbocycles. The lowest BCUT2D eigenvalue weighted by molar-refractivity contribution is -0.118. The van der Waals surface area contributed by atoms with Gasteiger partial charge < -0.3 is 4.74 Å². The quantitative estimate of drug-likeness (QED) is 0.689. The van der Waals surface area contributed by atoms with Gasteiger partial charge in [0, 0.05) is 17.5 Å². The SMILES string of the molecule is Cc1cccc(Cc2cnc(NC(=O)COc3ccc(C)c(C)c3)s2)c1. The summed E-state index contributed by atoms with van der Waals surface area (Å²) in [7, 11) is 0. The third kappa shape index (κ3) is 4.92. The summed E-state index contributed by atoms with van der Waals surface area (Å²) in [4.78, 5) is 17.5. The molecule has 0 aliphatic heterocycles. The minimum absolute atomic E-state index is 0.0324. The molecular formula is C21H22N2O2S. The van der Waals surface area contributed by atoms with Gasteiger partial charge in [-0.15, -0.1) is 11.3 Å². The van der Waals surface area contributed by atoms with E-state index in [0.717, 1.165) is 16.9 Å². The number of carbonyl (C=O) groups is 1. The first-order chi connectivity index (χ1) is 12.5. The second kappa shape index (κ2) is 8.15. The van der Waals surface area contributed by atoms with E-state index in [0.29, 0.717) is 10.9 Å². The molecule has 0 aliphatic rings. The summed E-state index contributed by atoms with van der Waals surface area (Å²) in [5.74, 6) is 0.488. The van der Waals surface area contributed by atoms with Gasteiger partial charge in [-0.2, -0.15) is 0 Å². The molecule has 0 unspecified atom stereocenters. The van der Waals surface area contributed by atoms with E-state index in [1.807, 2.05) is 38.2 Å². The molecule has 2 aromatic carbocycles. The van der Waals surface area contributed by atoms with Crippen LogP contribution in [0.3, 0.4) is 0 Å². The topological polar surface area (TPSA) is 51.2 Å². The molecule has 3 aromatic rings. The molecule has 3 rings (SSSR count). The Kier molecular flexibility index (Phi) is 5.68. The number of nitrogens with one attached hydrogen (secondary N) is 1. The smallest absolute Gasteiger partial charge is 0.264 e. The van der Waals surface area contributed by atoms with Crippen molar-refractivity contribution in [1.29, 1.82) is 0 Å². The van der Waals surface area contributed by atoms with Gasteiger partial charge in [-0.3, -0.25) is 10.1 Å². The molecule has 0 aliphatic carbocycles. The molecule has 1 amide bonds. The lowest BCUT2D eigenvalue weighted by Crippen LogP contribution is -2.20. The van der Waals surface area contributed by atoms with Crippen molar-refractivity contribution in [3.05, 3.63) is 75.8 Å². The number of hydrogen-bond donors (Lipinski definition) is 1. The first-order valence-electron chi connectivity index (χ1n) is 8.50. The van der Waals surface area contributed by atoms with E-state index in [2.05, 4.69) is 41.5 Å². The number of amides is 1. The number of benzene rings is 2. The monoisotopic (exact) mass is 366 g/mol. The molecule has 5 heteroatoms. The third-order valence-corrected chi connectivity index (χ3v) is 5.02. The molecular weight excluding hydrogens is 344 g/mol. The predicted octanol–water partition coefficient (Wildman–Crippen LogP) is 4.68. The van der Waals surface area contributed by atoms with Gasteiger partial charge in [-0.25, -0.2) is 4.98 Å². The van der Waals surface area contributed by atoms with Crippen LogP contribution in [-0.4, -0.2) is 17.5 Å². The molecule has 26 heavy (non-hydrogen) atoms. The first kappa shape index (κ1) is 18.1. The fraction of sp³-hybridized carbons (Fsp3) is 0.238. The van der Waals surface area contributed by atoms with Gasteiger partial charge in [0.05, 0.1) is 0 Å². The highest BCUT2D eigenvalue weighted by atomic mass is 32.1. The third-order valence-electron chi connectivity index (χ3n) is 4.11. The lowest BCUT2D eigenvalue weighted by atomic mass is 10.1. The zero-order valence-electron chi connectivity index (χ0n) is 15.2. The number of rotatable bonds is 6. The Labute approximate surface area is 157 Å². The van der Waals surface area contributed by atoms with Crippen LogP contribution in [0.4, 0.5) is 5.13 Å². The van der Waals surface area contributed by atoms with Crippen molar-refractivity contribution in [1.82, 2.24) is 4.98 Å². The van der Waals surface area contributed by atoms with Crippen molar-refractivity contribution < 1.29 is 9.53 Å². The largest absolute Gasteiger partial charge is 0.484 e. The Bertz CT molecular complexity index is 918. The summed E-state index contributed by atoms with van der Waals surface area (Å²) in [6.45, 7) is 6.11. The summed E-state index contributed by atoms with van der Waals surface area (Å²) in [6.07, 6.45) is 2.63. The number of hydrogen-bond acceptors (Lipinski definition) is 4. The summed E-state index contributed by atoms with van der Waals surface area (Å²) in [5, 5.41) is 3.40. The van der Waals surface area contributed by atoms with Crippen LogP contribution < -0.4 is 10.1 Å². The first-order valence-corrected chi connectivity index (χ1v) is 9.31. The van der Waals surface area contributed by atoms with Crippen molar-refractivity contribution in [3.63, 3.8) is 0 Å². The van der Waals surface area contributed by atoms with Crippen LogP contribution in [0, 0.1) is 20.8 Å². The minimum Gasteiger partial charge on any atom is -0.484 e. The van der Waals surface area contributed by atoms with Crippen LogP contribution >= 0.6 is 11.3 Å². The van der Waals surface area contributed by atoms with Gasteiger partial charge in [0.1, 0.15) is 5.75 Å². The van der Waals surface area contributed by atoms with Gasteiger partial charge in [0.2, 0.25) is 0 Å². The summed E-state index contributed by atoms with van der Waals surface area (Å²) >= 11 is 1.49. The summed E-state index contributed by atoms with van der Waals surface area (Å²) in [6, 6.07) is 14.2. The van der Waals surface area contributed by atoms with E-state index in [1.165, 1.54) is 28.0 Å². The van der Waals surface area contributed by atoms with Crippen molar-refractivity contribution in [3.8, 4) is 5.75 Å². The van der Waals surface area contributed by atoms with Crippen LogP contribution in [0.25, 0.3) is 0 Å². The van der Waals surface area contributed by atoms with E-state index < -0.39 is 0 Å². The molecule has 0 bridgehead atoms. The van der Waals surface area contributed by atoms with Crippen LogP contribution in [-0.2, 0) is 11.2 Å². The average molecular weight is 366 g/mol. The molecule has 0 atom stereocenters. The van der Waals surface area contributed by atoms with Crippen LogP contribution in [0.2, 0.25) is 0 Å². The van der Waals surface area contributed by atoms with Crippen molar-refractivity contribution in [2.24, 2.45) is 0 Å². The standard InChI is InChI=1S/C21H22N2O2S/c1-14-5-4-6-17(9-14)11-19-12-22-21(26-19)23-20(24)13-25-18-8-7-15(2)16(3)10-18/h4-10,12H,11,13H2,1-3H3,(H,22,23,24). The van der Waals surface area contributed by atoms with E-state index >= 15 is 0 Å². The number of aryl methyl sites for hydroxylation is 3. The maximum absolute atomic E-state index is 12.1. The van der Waals surface area contributed by atoms with Gasteiger partial charge in [-0.1, -0.05) is 35.9 Å². The van der Waals surface area contributed by atoms with Crippen molar-refractivity contribution in [2.75, 3.05) is 11.9 Å². The van der Waals surface area contributed by atoms with Gasteiger partial charge >= 0.3 is 0 Å². The number of thiazole rings is 1. The van der Waals surface area contributed by atoms with Crippen LogP contribution in [0.1, 0.15) is 27.1 Å². The molecule has 0 spiro atoms. The Morgan fingerprint density at radius 2 is 1.96 bits per heavy atom. The number of nitrogens with zero attached hydrogens (tertiary/aromatic N) is 1. The molecule has 0 fully saturated rings. The highest BCUT2D eigenvalue weighted by Crippen LogP contribution is 2.22. The fourth-order valence-corrected chi connectivity index (χ4v) is 3.44. The molecule has 1 N–H and O–H groups in total. The molecule has 134 valence electrons. The number of aromatic nitrogens is 1. The molecule has 0 radical (unpaired) electrons. The molecule has 1 heterocycles. The van der Waals surface area contributed by atoms with E-state index in [-0.39, 0.29) is 12.5 Å². The van der Waals surface area contributed by atoms with Crippen LogP contribution in [0.5, 0.6) is 5.75 Å². The second-order valence-corrected chi connectivity index (χ2v) is 7.50. The average Bonchev–Trinajstić information content (AvgIpc) is 3.03. The molecule has 4 nitrogen and oxygen atoms in total. The fourth-order valence-electron chi connectivity index (χ4n) is 2.58. The van der Waals surface area contributed by atoms with Crippen molar-refractivity contribution in [2.45, 2.75) is 27.2 Å². The normalized spacial score (nSPS) is 10.6. The number of ether oxygens (including phenoxy) is 1. The Morgan fingerprint density at radius 3 is 2.73 bits per heavy atom. The van der Waals surface area contributed by atoms with Crippen LogP contribution in [0.15, 0.2) is 48.7 Å². The summed E-state index contributed by atoms with van der Waals surface area (Å²) in [5.41, 5.74) is 4.82.